The van der Waals surface area contributed by atoms with E-state index >= 15 is 0 Å². The molecule has 0 unspecified atom stereocenters. The molecule has 0 aliphatic heterocycles. The van der Waals surface area contributed by atoms with Crippen LogP contribution in [0.4, 0.5) is 0 Å². The highest BCUT2D eigenvalue weighted by Gasteiger charge is 2.27. The van der Waals surface area contributed by atoms with Crippen LogP contribution in [-0.4, -0.2) is 39.3 Å². The number of aromatic amines is 1. The third-order valence-electron chi connectivity index (χ3n) is 7.68. The van der Waals surface area contributed by atoms with Crippen molar-refractivity contribution < 1.29 is 0 Å². The van der Waals surface area contributed by atoms with Gasteiger partial charge in [-0.25, -0.2) is 9.78 Å². The molecule has 6 rings (SSSR count). The second kappa shape index (κ2) is 11.0. The van der Waals surface area contributed by atoms with Crippen molar-refractivity contribution >= 4 is 11.2 Å². The number of fused-ring (bicyclic) bond motifs is 1. The number of aromatic nitrogens is 8. The largest absolute Gasteiger partial charge is 0.332 e. The molecule has 10 nitrogen and oxygen atoms in total. The van der Waals surface area contributed by atoms with Crippen LogP contribution in [-0.2, 0) is 26.1 Å². The number of hydrogen-bond acceptors (Lipinski definition) is 6. The van der Waals surface area contributed by atoms with Crippen molar-refractivity contribution in [2.45, 2.75) is 72.0 Å². The first-order valence-electron chi connectivity index (χ1n) is 14.2. The van der Waals surface area contributed by atoms with Gasteiger partial charge in [0.15, 0.2) is 11.2 Å². The molecule has 0 atom stereocenters. The molecule has 1 N–H and O–H groups in total. The smallest absolute Gasteiger partial charge is 0.318 e. The average Bonchev–Trinajstić information content (AvgIpc) is 3.49. The molecule has 0 amide bonds. The number of nitrogens with one attached hydrogen (secondary N) is 1. The molecule has 40 heavy (non-hydrogen) atoms. The number of rotatable bonds is 11. The molecule has 0 bridgehead atoms. The van der Waals surface area contributed by atoms with Gasteiger partial charge in [0.1, 0.15) is 5.82 Å². The van der Waals surface area contributed by atoms with Gasteiger partial charge in [-0.05, 0) is 53.5 Å². The lowest BCUT2D eigenvalue weighted by molar-refractivity contribution is 0.531. The minimum Gasteiger partial charge on any atom is -0.318 e. The second-order valence-corrected chi connectivity index (χ2v) is 10.6. The molecular weight excluding hydrogens is 504 g/mol. The van der Waals surface area contributed by atoms with E-state index in [2.05, 4.69) is 50.3 Å². The average molecular weight is 539 g/mol. The minimum atomic E-state index is -0.243. The highest BCUT2D eigenvalue weighted by atomic mass is 16.2. The van der Waals surface area contributed by atoms with Crippen LogP contribution in [0.2, 0.25) is 0 Å². The lowest BCUT2D eigenvalue weighted by Gasteiger charge is -2.16. The first-order chi connectivity index (χ1) is 19.6. The van der Waals surface area contributed by atoms with E-state index < -0.39 is 0 Å². The molecule has 5 aromatic rings. The van der Waals surface area contributed by atoms with Crippen LogP contribution < -0.4 is 11.2 Å². The van der Waals surface area contributed by atoms with Gasteiger partial charge in [-0.3, -0.25) is 13.9 Å². The van der Waals surface area contributed by atoms with Gasteiger partial charge < -0.3 is 4.57 Å². The summed E-state index contributed by atoms with van der Waals surface area (Å²) in [6.07, 6.45) is 5.59. The Kier molecular flexibility index (Phi) is 7.15. The quantitative estimate of drug-likeness (QED) is 0.266. The highest BCUT2D eigenvalue weighted by molar-refractivity contribution is 5.82. The fourth-order valence-corrected chi connectivity index (χ4v) is 5.46. The van der Waals surface area contributed by atoms with E-state index in [-0.39, 0.29) is 11.2 Å². The molecule has 1 aliphatic rings. The normalized spacial score (nSPS) is 13.3. The maximum Gasteiger partial charge on any atom is 0.332 e. The molecule has 1 aliphatic carbocycles. The third kappa shape index (κ3) is 4.78. The Labute approximate surface area is 231 Å². The number of imidazole rings is 1. The van der Waals surface area contributed by atoms with E-state index in [1.54, 1.807) is 4.57 Å². The van der Waals surface area contributed by atoms with Crippen molar-refractivity contribution in [3.8, 4) is 22.5 Å². The zero-order chi connectivity index (χ0) is 27.6. The van der Waals surface area contributed by atoms with Gasteiger partial charge >= 0.3 is 5.69 Å². The molecule has 0 saturated heterocycles. The van der Waals surface area contributed by atoms with Crippen molar-refractivity contribution in [3.63, 3.8) is 0 Å². The summed E-state index contributed by atoms with van der Waals surface area (Å²) in [6.45, 7) is 5.64. The monoisotopic (exact) mass is 538 g/mol. The maximum atomic E-state index is 14.0. The molecule has 0 radical (unpaired) electrons. The number of tetrazole rings is 1. The van der Waals surface area contributed by atoms with Crippen LogP contribution >= 0.6 is 0 Å². The Hall–Kier alpha value is -4.34. The van der Waals surface area contributed by atoms with Crippen molar-refractivity contribution in [1.29, 1.82) is 0 Å². The predicted molar refractivity (Wildman–Crippen MR) is 154 cm³/mol. The summed E-state index contributed by atoms with van der Waals surface area (Å²) in [4.78, 5) is 32.5. The molecular formula is C30H34N8O2. The predicted octanol–water partition coefficient (Wildman–Crippen LogP) is 4.42. The van der Waals surface area contributed by atoms with Gasteiger partial charge in [-0.2, -0.15) is 5.21 Å². The van der Waals surface area contributed by atoms with Crippen molar-refractivity contribution in [1.82, 2.24) is 39.3 Å². The van der Waals surface area contributed by atoms with Crippen LogP contribution in [0.15, 0.2) is 58.1 Å². The third-order valence-corrected chi connectivity index (χ3v) is 7.68. The first kappa shape index (κ1) is 25.9. The summed E-state index contributed by atoms with van der Waals surface area (Å²) in [6, 6.07) is 16.2. The lowest BCUT2D eigenvalue weighted by Crippen LogP contribution is -2.41. The molecule has 3 aromatic heterocycles. The summed E-state index contributed by atoms with van der Waals surface area (Å²) in [5.74, 6) is 1.76. The maximum absolute atomic E-state index is 14.0. The van der Waals surface area contributed by atoms with Crippen LogP contribution in [0, 0.1) is 5.92 Å². The SMILES string of the molecule is CCCCc1nc2c(c(=O)n(CC3CC3)c(=O)n2CCC)n1Cc1ccccc1-c1ccccc1-c1nn[nH]n1. The van der Waals surface area contributed by atoms with E-state index in [4.69, 9.17) is 4.98 Å². The molecule has 0 spiro atoms. The van der Waals surface area contributed by atoms with Gasteiger partial charge in [0.2, 0.25) is 5.82 Å². The van der Waals surface area contributed by atoms with Gasteiger partial charge in [0.05, 0.1) is 6.54 Å². The van der Waals surface area contributed by atoms with Crippen LogP contribution in [0.1, 0.15) is 57.3 Å². The number of nitrogens with zero attached hydrogens (tertiary/aromatic N) is 7. The molecule has 2 aromatic carbocycles. The van der Waals surface area contributed by atoms with Crippen molar-refractivity contribution in [3.05, 3.63) is 80.8 Å². The van der Waals surface area contributed by atoms with E-state index in [0.717, 1.165) is 66.6 Å². The number of unbranched alkanes of at least 4 members (excludes halogenated alkanes) is 1. The molecule has 1 fully saturated rings. The van der Waals surface area contributed by atoms with Gasteiger partial charge in [0.25, 0.3) is 5.56 Å². The van der Waals surface area contributed by atoms with E-state index in [0.29, 0.717) is 42.5 Å². The van der Waals surface area contributed by atoms with Crippen molar-refractivity contribution in [2.24, 2.45) is 5.92 Å². The van der Waals surface area contributed by atoms with Crippen LogP contribution in [0.5, 0.6) is 0 Å². The van der Waals surface area contributed by atoms with E-state index in [9.17, 15) is 9.59 Å². The zero-order valence-electron chi connectivity index (χ0n) is 23.0. The topological polar surface area (TPSA) is 116 Å². The van der Waals surface area contributed by atoms with Gasteiger partial charge in [0, 0.05) is 25.1 Å². The summed E-state index contributed by atoms with van der Waals surface area (Å²) in [5, 5.41) is 14.7. The van der Waals surface area contributed by atoms with Crippen LogP contribution in [0.25, 0.3) is 33.7 Å². The zero-order valence-corrected chi connectivity index (χ0v) is 23.0. The molecule has 1 saturated carbocycles. The van der Waals surface area contributed by atoms with E-state index in [1.807, 2.05) is 37.3 Å². The fourth-order valence-electron chi connectivity index (χ4n) is 5.46. The highest BCUT2D eigenvalue weighted by Crippen LogP contribution is 2.33. The fraction of sp³-hybridized carbons (Fsp3) is 0.400. The summed E-state index contributed by atoms with van der Waals surface area (Å²) >= 11 is 0. The van der Waals surface area contributed by atoms with Crippen molar-refractivity contribution in [2.75, 3.05) is 0 Å². The Morgan fingerprint density at radius 1 is 0.900 bits per heavy atom. The number of aryl methyl sites for hydroxylation is 2. The standard InChI is InChI=1S/C30H34N8O2/c1-3-5-14-25-31-28-26(29(39)38(18-20-15-16-20)30(40)36(28)17-4-2)37(25)19-21-10-6-7-11-22(21)23-12-8-9-13-24(23)27-32-34-35-33-27/h6-13,20H,3-5,14-19H2,1-2H3,(H,32,33,34,35). The lowest BCUT2D eigenvalue weighted by atomic mass is 9.95. The minimum absolute atomic E-state index is 0.237. The van der Waals surface area contributed by atoms with Crippen LogP contribution in [0.3, 0.4) is 0 Å². The Bertz CT molecular complexity index is 1760. The summed E-state index contributed by atoms with van der Waals surface area (Å²) in [7, 11) is 0. The number of H-pyrrole nitrogens is 1. The number of hydrogen-bond donors (Lipinski definition) is 1. The summed E-state index contributed by atoms with van der Waals surface area (Å²) in [5.41, 5.74) is 4.44. The first-order valence-corrected chi connectivity index (χ1v) is 14.2. The molecule has 3 heterocycles. The Morgan fingerprint density at radius 3 is 2.35 bits per heavy atom. The van der Waals surface area contributed by atoms with Gasteiger partial charge in [-0.1, -0.05) is 68.8 Å². The molecule has 206 valence electrons. The molecule has 10 heteroatoms. The van der Waals surface area contributed by atoms with Gasteiger partial charge in [-0.15, -0.1) is 10.2 Å². The number of benzene rings is 2. The Morgan fingerprint density at radius 2 is 1.65 bits per heavy atom. The van der Waals surface area contributed by atoms with E-state index in [1.165, 1.54) is 4.57 Å². The summed E-state index contributed by atoms with van der Waals surface area (Å²) < 4.78 is 5.22. The Balaban J connectivity index is 1.55. The second-order valence-electron chi connectivity index (χ2n) is 10.6.